The third kappa shape index (κ3) is 7.18. The number of halogens is 2. The van der Waals surface area contributed by atoms with Crippen LogP contribution in [0.25, 0.3) is 5.69 Å². The van der Waals surface area contributed by atoms with Crippen LogP contribution in [0.15, 0.2) is 99.2 Å². The highest BCUT2D eigenvalue weighted by Gasteiger charge is 2.46. The quantitative estimate of drug-likeness (QED) is 0.164. The zero-order valence-electron chi connectivity index (χ0n) is 27.4. The molecular formula is C35H38Br2N8O4. The first kappa shape index (κ1) is 33.5. The molecule has 0 radical (unpaired) electrons. The molecule has 1 unspecified atom stereocenters. The van der Waals surface area contributed by atoms with Crippen LogP contribution in [-0.4, -0.2) is 74.8 Å². The predicted molar refractivity (Wildman–Crippen MR) is 194 cm³/mol. The fourth-order valence-corrected chi connectivity index (χ4v) is 7.57. The SMILES string of the molecule is CCC(C)n1ncn(-c2ccc(N3CCN(c4ccc(OC[C@@H]5CO[C@@](Cn6nccn6)(c6ccc(Br)cc6Br)O5)cc4)CC3)cc2)c1=O. The van der Waals surface area contributed by atoms with Gasteiger partial charge >= 0.3 is 5.69 Å². The summed E-state index contributed by atoms with van der Waals surface area (Å²) in [6.45, 7) is 8.66. The normalized spacial score (nSPS) is 20.1. The van der Waals surface area contributed by atoms with Gasteiger partial charge in [0.05, 0.1) is 30.7 Å². The Morgan fingerprint density at radius 1 is 0.898 bits per heavy atom. The van der Waals surface area contributed by atoms with Gasteiger partial charge in [0.2, 0.25) is 5.79 Å². The van der Waals surface area contributed by atoms with E-state index in [4.69, 9.17) is 14.2 Å². The molecular weight excluding hydrogens is 756 g/mol. The van der Waals surface area contributed by atoms with Crippen LogP contribution in [0, 0.1) is 0 Å². The molecule has 0 spiro atoms. The van der Waals surface area contributed by atoms with Gasteiger partial charge < -0.3 is 24.0 Å². The van der Waals surface area contributed by atoms with Gasteiger partial charge in [-0.05, 0) is 74.0 Å². The fraction of sp³-hybridized carbons (Fsp3) is 0.371. The topological polar surface area (TPSA) is 105 Å². The van der Waals surface area contributed by atoms with E-state index in [2.05, 4.69) is 88.1 Å². The highest BCUT2D eigenvalue weighted by Crippen LogP contribution is 2.40. The van der Waals surface area contributed by atoms with Crippen molar-refractivity contribution in [1.29, 1.82) is 0 Å². The molecule has 5 aromatic rings. The molecule has 4 heterocycles. The average Bonchev–Trinajstić information content (AvgIpc) is 3.88. The van der Waals surface area contributed by atoms with Crippen LogP contribution in [0.2, 0.25) is 0 Å². The maximum atomic E-state index is 12.8. The molecule has 2 fully saturated rings. The third-order valence-electron chi connectivity index (χ3n) is 9.13. The Hall–Kier alpha value is -3.98. The molecule has 0 aliphatic carbocycles. The van der Waals surface area contributed by atoms with Crippen molar-refractivity contribution in [1.82, 2.24) is 29.3 Å². The first-order chi connectivity index (χ1) is 23.8. The maximum absolute atomic E-state index is 12.8. The minimum absolute atomic E-state index is 0.0687. The van der Waals surface area contributed by atoms with Gasteiger partial charge in [-0.1, -0.05) is 44.8 Å². The molecule has 0 N–H and O–H groups in total. The second-order valence-corrected chi connectivity index (χ2v) is 14.0. The van der Waals surface area contributed by atoms with Crippen molar-refractivity contribution in [3.8, 4) is 11.4 Å². The Morgan fingerprint density at radius 2 is 1.53 bits per heavy atom. The van der Waals surface area contributed by atoms with Crippen LogP contribution in [0.1, 0.15) is 31.9 Å². The molecule has 49 heavy (non-hydrogen) atoms. The molecule has 0 amide bonds. The summed E-state index contributed by atoms with van der Waals surface area (Å²) >= 11 is 7.20. The van der Waals surface area contributed by atoms with Crippen LogP contribution in [0.4, 0.5) is 11.4 Å². The lowest BCUT2D eigenvalue weighted by Crippen LogP contribution is -2.46. The molecule has 2 aliphatic heterocycles. The van der Waals surface area contributed by atoms with Crippen LogP contribution >= 0.6 is 31.9 Å². The zero-order valence-corrected chi connectivity index (χ0v) is 30.5. The van der Waals surface area contributed by atoms with Crippen molar-refractivity contribution in [2.24, 2.45) is 0 Å². The van der Waals surface area contributed by atoms with Gasteiger partial charge in [-0.15, -0.1) is 0 Å². The van der Waals surface area contributed by atoms with Gasteiger partial charge in [0.15, 0.2) is 0 Å². The molecule has 0 bridgehead atoms. The Labute approximate surface area is 301 Å². The van der Waals surface area contributed by atoms with E-state index in [1.165, 1.54) is 0 Å². The number of anilines is 2. The Balaban J connectivity index is 0.925. The van der Waals surface area contributed by atoms with Crippen molar-refractivity contribution in [3.63, 3.8) is 0 Å². The number of aromatic nitrogens is 6. The highest BCUT2D eigenvalue weighted by molar-refractivity contribution is 9.11. The fourth-order valence-electron chi connectivity index (χ4n) is 6.22. The third-order valence-corrected chi connectivity index (χ3v) is 10.3. The minimum atomic E-state index is -1.06. The number of hydrogen-bond acceptors (Lipinski definition) is 9. The van der Waals surface area contributed by atoms with E-state index in [9.17, 15) is 4.79 Å². The Kier molecular flexibility index (Phi) is 9.90. The first-order valence-corrected chi connectivity index (χ1v) is 18.0. The van der Waals surface area contributed by atoms with E-state index in [-0.39, 0.29) is 17.8 Å². The van der Waals surface area contributed by atoms with E-state index in [0.717, 1.165) is 69.9 Å². The van der Waals surface area contributed by atoms with E-state index in [1.54, 1.807) is 32.8 Å². The van der Waals surface area contributed by atoms with Crippen molar-refractivity contribution in [2.75, 3.05) is 49.2 Å². The molecule has 3 atom stereocenters. The molecule has 2 aromatic heterocycles. The number of ether oxygens (including phenoxy) is 3. The molecule has 2 saturated heterocycles. The Bertz CT molecular complexity index is 1910. The van der Waals surface area contributed by atoms with E-state index in [1.807, 2.05) is 49.4 Å². The largest absolute Gasteiger partial charge is 0.491 e. The number of rotatable bonds is 11. The van der Waals surface area contributed by atoms with Gasteiger partial charge in [0, 0.05) is 52.1 Å². The van der Waals surface area contributed by atoms with Crippen molar-refractivity contribution < 1.29 is 14.2 Å². The summed E-state index contributed by atoms with van der Waals surface area (Å²) in [5.41, 5.74) is 3.87. The number of hydrogen-bond donors (Lipinski definition) is 0. The summed E-state index contributed by atoms with van der Waals surface area (Å²) < 4.78 is 24.0. The monoisotopic (exact) mass is 792 g/mol. The predicted octanol–water partition coefficient (Wildman–Crippen LogP) is 5.80. The summed E-state index contributed by atoms with van der Waals surface area (Å²) in [4.78, 5) is 19.1. The highest BCUT2D eigenvalue weighted by atomic mass is 79.9. The summed E-state index contributed by atoms with van der Waals surface area (Å²) in [5.74, 6) is -0.284. The first-order valence-electron chi connectivity index (χ1n) is 16.4. The van der Waals surface area contributed by atoms with Crippen molar-refractivity contribution in [2.45, 2.75) is 44.7 Å². The lowest BCUT2D eigenvalue weighted by atomic mass is 10.1. The maximum Gasteiger partial charge on any atom is 0.350 e. The minimum Gasteiger partial charge on any atom is -0.491 e. The van der Waals surface area contributed by atoms with Crippen molar-refractivity contribution in [3.05, 3.63) is 110 Å². The summed E-state index contributed by atoms with van der Waals surface area (Å²) in [5, 5.41) is 12.9. The molecule has 14 heteroatoms. The molecule has 7 rings (SSSR count). The number of piperazine rings is 1. The molecule has 0 saturated carbocycles. The lowest BCUT2D eigenvalue weighted by Gasteiger charge is -2.37. The number of benzene rings is 3. The number of nitrogens with zero attached hydrogens (tertiary/aromatic N) is 8. The van der Waals surface area contributed by atoms with Crippen LogP contribution < -0.4 is 20.2 Å². The summed E-state index contributed by atoms with van der Waals surface area (Å²) in [6.07, 6.45) is 5.45. The van der Waals surface area contributed by atoms with E-state index >= 15 is 0 Å². The van der Waals surface area contributed by atoms with Gasteiger partial charge in [-0.25, -0.2) is 14.0 Å². The second-order valence-electron chi connectivity index (χ2n) is 12.3. The zero-order chi connectivity index (χ0) is 34.0. The second kappa shape index (κ2) is 14.5. The van der Waals surface area contributed by atoms with Crippen LogP contribution in [0.5, 0.6) is 5.75 Å². The standard InChI is InChI=1S/C35H38Br2N8O4/c1-3-25(2)45-34(46)43(24-40-45)29-7-5-27(6-8-29)41-16-18-42(19-17-41)28-9-11-30(12-10-28)47-21-31-22-48-35(49-31,23-44-38-14-15-39-44)32-13-4-26(36)20-33(32)37/h4-15,20,24-25,31H,3,16-19,21-23H2,1-2H3/t25?,31-,35-/m1/s1. The van der Waals surface area contributed by atoms with Gasteiger partial charge in [0.25, 0.3) is 0 Å². The summed E-state index contributed by atoms with van der Waals surface area (Å²) in [6, 6.07) is 22.4. The van der Waals surface area contributed by atoms with Crippen LogP contribution in [0.3, 0.4) is 0 Å². The molecule has 12 nitrogen and oxygen atoms in total. The smallest absolute Gasteiger partial charge is 0.350 e. The Morgan fingerprint density at radius 3 is 2.16 bits per heavy atom. The van der Waals surface area contributed by atoms with E-state index in [0.29, 0.717) is 19.8 Å². The molecule has 2 aliphatic rings. The van der Waals surface area contributed by atoms with Crippen LogP contribution in [-0.2, 0) is 21.8 Å². The lowest BCUT2D eigenvalue weighted by molar-refractivity contribution is -0.193. The van der Waals surface area contributed by atoms with E-state index < -0.39 is 5.79 Å². The summed E-state index contributed by atoms with van der Waals surface area (Å²) in [7, 11) is 0. The molecule has 3 aromatic carbocycles. The average molecular weight is 795 g/mol. The van der Waals surface area contributed by atoms with Gasteiger partial charge in [0.1, 0.15) is 31.3 Å². The molecule has 256 valence electrons. The van der Waals surface area contributed by atoms with Gasteiger partial charge in [-0.2, -0.15) is 20.1 Å². The van der Waals surface area contributed by atoms with Gasteiger partial charge in [-0.3, -0.25) is 0 Å². The van der Waals surface area contributed by atoms with Crippen molar-refractivity contribution >= 4 is 43.2 Å².